The Kier molecular flexibility index (Phi) is 2.80. The highest BCUT2D eigenvalue weighted by Crippen LogP contribution is 2.28. The molecule has 0 atom stereocenters. The van der Waals surface area contributed by atoms with Gasteiger partial charge in [0.1, 0.15) is 0 Å². The number of hydrogen-bond donors (Lipinski definition) is 1. The molecule has 2 N–H and O–H groups in total. The van der Waals surface area contributed by atoms with Crippen LogP contribution in [-0.2, 0) is 19.6 Å². The Hall–Kier alpha value is -1.80. The number of rotatable bonds is 2. The lowest BCUT2D eigenvalue weighted by molar-refractivity contribution is 0.275. The maximum Gasteiger partial charge on any atom is 0.0363 e. The number of benzene rings is 2. The van der Waals surface area contributed by atoms with Gasteiger partial charge in [0, 0.05) is 25.3 Å². The van der Waals surface area contributed by atoms with Gasteiger partial charge in [0.05, 0.1) is 0 Å². The van der Waals surface area contributed by atoms with E-state index in [4.69, 9.17) is 5.73 Å². The minimum absolute atomic E-state index is 0.930. The lowest BCUT2D eigenvalue weighted by Gasteiger charge is -2.14. The fourth-order valence-corrected chi connectivity index (χ4v) is 2.58. The Balaban J connectivity index is 1.75. The van der Waals surface area contributed by atoms with Crippen molar-refractivity contribution in [3.05, 3.63) is 64.7 Å². The van der Waals surface area contributed by atoms with E-state index in [1.165, 1.54) is 22.3 Å². The van der Waals surface area contributed by atoms with Crippen molar-refractivity contribution < 1.29 is 0 Å². The molecule has 1 aliphatic heterocycles. The zero-order chi connectivity index (χ0) is 12.5. The molecular weight excluding hydrogens is 220 g/mol. The number of nitrogens with two attached hydrogens (primary N) is 1. The molecule has 0 unspecified atom stereocenters. The van der Waals surface area contributed by atoms with E-state index < -0.39 is 0 Å². The van der Waals surface area contributed by atoms with E-state index in [-0.39, 0.29) is 0 Å². The van der Waals surface area contributed by atoms with Gasteiger partial charge < -0.3 is 5.73 Å². The Morgan fingerprint density at radius 2 is 1.83 bits per heavy atom. The van der Waals surface area contributed by atoms with E-state index in [0.717, 1.165) is 25.3 Å². The Morgan fingerprint density at radius 3 is 2.56 bits per heavy atom. The van der Waals surface area contributed by atoms with E-state index in [1.807, 2.05) is 12.1 Å². The predicted molar refractivity (Wildman–Crippen MR) is 75.0 cm³/mol. The molecule has 18 heavy (non-hydrogen) atoms. The maximum atomic E-state index is 6.02. The van der Waals surface area contributed by atoms with Gasteiger partial charge in [-0.05, 0) is 29.7 Å². The second-order valence-electron chi connectivity index (χ2n) is 5.12. The van der Waals surface area contributed by atoms with Crippen LogP contribution in [-0.4, -0.2) is 4.90 Å². The first-order valence-electron chi connectivity index (χ1n) is 6.36. The largest absolute Gasteiger partial charge is 0.398 e. The second-order valence-corrected chi connectivity index (χ2v) is 5.12. The van der Waals surface area contributed by atoms with E-state index in [1.54, 1.807) is 0 Å². The number of aryl methyl sites for hydroxylation is 1. The summed E-state index contributed by atoms with van der Waals surface area (Å²) in [5.74, 6) is 0. The molecular formula is C16H18N2. The van der Waals surface area contributed by atoms with Crippen LogP contribution in [0.15, 0.2) is 42.5 Å². The molecule has 92 valence electrons. The van der Waals surface area contributed by atoms with E-state index in [2.05, 4.69) is 42.2 Å². The third-order valence-corrected chi connectivity index (χ3v) is 3.61. The highest BCUT2D eigenvalue weighted by Gasteiger charge is 2.20. The minimum Gasteiger partial charge on any atom is -0.398 e. The van der Waals surface area contributed by atoms with Gasteiger partial charge in [-0.2, -0.15) is 0 Å². The zero-order valence-electron chi connectivity index (χ0n) is 10.7. The maximum absolute atomic E-state index is 6.02. The lowest BCUT2D eigenvalue weighted by Crippen LogP contribution is -2.15. The normalized spacial score (nSPS) is 14.7. The van der Waals surface area contributed by atoms with Gasteiger partial charge in [-0.25, -0.2) is 0 Å². The van der Waals surface area contributed by atoms with Crippen molar-refractivity contribution in [3.63, 3.8) is 0 Å². The molecule has 2 aromatic rings. The van der Waals surface area contributed by atoms with Crippen LogP contribution in [0.2, 0.25) is 0 Å². The van der Waals surface area contributed by atoms with Crippen LogP contribution in [0.4, 0.5) is 5.69 Å². The summed E-state index contributed by atoms with van der Waals surface area (Å²) < 4.78 is 0. The summed E-state index contributed by atoms with van der Waals surface area (Å²) in [5.41, 5.74) is 12.3. The number of anilines is 1. The highest BCUT2D eigenvalue weighted by molar-refractivity contribution is 5.52. The first-order valence-corrected chi connectivity index (χ1v) is 6.36. The van der Waals surface area contributed by atoms with Crippen molar-refractivity contribution in [2.75, 3.05) is 5.73 Å². The molecule has 0 aromatic heterocycles. The topological polar surface area (TPSA) is 29.3 Å². The van der Waals surface area contributed by atoms with Crippen LogP contribution < -0.4 is 5.73 Å². The van der Waals surface area contributed by atoms with Crippen LogP contribution in [0.3, 0.4) is 0 Å². The van der Waals surface area contributed by atoms with Crippen molar-refractivity contribution >= 4 is 5.69 Å². The molecule has 0 aliphatic carbocycles. The summed E-state index contributed by atoms with van der Waals surface area (Å²) >= 11 is 0. The van der Waals surface area contributed by atoms with Crippen LogP contribution >= 0.6 is 0 Å². The summed E-state index contributed by atoms with van der Waals surface area (Å²) in [7, 11) is 0. The van der Waals surface area contributed by atoms with Gasteiger partial charge in [0.25, 0.3) is 0 Å². The first kappa shape index (κ1) is 11.3. The van der Waals surface area contributed by atoms with Crippen molar-refractivity contribution in [1.29, 1.82) is 0 Å². The molecule has 1 aliphatic rings. The molecule has 0 bridgehead atoms. The minimum atomic E-state index is 0.930. The zero-order valence-corrected chi connectivity index (χ0v) is 10.7. The second kappa shape index (κ2) is 4.46. The standard InChI is InChI=1S/C16H18N2/c1-12-5-7-13(8-6-12)9-18-10-14-3-2-4-16(17)15(14)11-18/h2-8H,9-11,17H2,1H3. The van der Waals surface area contributed by atoms with Gasteiger partial charge in [-0.15, -0.1) is 0 Å². The SMILES string of the molecule is Cc1ccc(CN2Cc3cccc(N)c3C2)cc1. The number of nitrogen functional groups attached to an aromatic ring is 1. The predicted octanol–water partition coefficient (Wildman–Crippen LogP) is 3.09. The van der Waals surface area contributed by atoms with Gasteiger partial charge in [-0.3, -0.25) is 4.90 Å². The summed E-state index contributed by atoms with van der Waals surface area (Å²) in [5, 5.41) is 0. The molecule has 0 saturated carbocycles. The fourth-order valence-electron chi connectivity index (χ4n) is 2.58. The van der Waals surface area contributed by atoms with Crippen molar-refractivity contribution in [1.82, 2.24) is 4.90 Å². The number of fused-ring (bicyclic) bond motifs is 1. The van der Waals surface area contributed by atoms with Crippen molar-refractivity contribution in [3.8, 4) is 0 Å². The molecule has 1 heterocycles. The Bertz CT molecular complexity index is 558. The first-order chi connectivity index (χ1) is 8.72. The molecule has 0 amide bonds. The van der Waals surface area contributed by atoms with E-state index >= 15 is 0 Å². The van der Waals surface area contributed by atoms with E-state index in [9.17, 15) is 0 Å². The summed E-state index contributed by atoms with van der Waals surface area (Å²) in [6.45, 7) is 5.09. The van der Waals surface area contributed by atoms with Gasteiger partial charge in [0.2, 0.25) is 0 Å². The summed E-state index contributed by atoms with van der Waals surface area (Å²) in [4.78, 5) is 2.44. The van der Waals surface area contributed by atoms with Crippen molar-refractivity contribution in [2.45, 2.75) is 26.6 Å². The fraction of sp³-hybridized carbons (Fsp3) is 0.250. The molecule has 2 heteroatoms. The van der Waals surface area contributed by atoms with Crippen LogP contribution in [0.25, 0.3) is 0 Å². The van der Waals surface area contributed by atoms with Crippen molar-refractivity contribution in [2.24, 2.45) is 0 Å². The molecule has 3 rings (SSSR count). The third kappa shape index (κ3) is 2.12. The molecule has 0 fully saturated rings. The van der Waals surface area contributed by atoms with Crippen LogP contribution in [0.5, 0.6) is 0 Å². The van der Waals surface area contributed by atoms with Crippen LogP contribution in [0.1, 0.15) is 22.3 Å². The molecule has 2 nitrogen and oxygen atoms in total. The molecule has 0 radical (unpaired) electrons. The smallest absolute Gasteiger partial charge is 0.0363 e. The van der Waals surface area contributed by atoms with Gasteiger partial charge >= 0.3 is 0 Å². The average Bonchev–Trinajstić information content (AvgIpc) is 2.76. The Morgan fingerprint density at radius 1 is 1.06 bits per heavy atom. The summed E-state index contributed by atoms with van der Waals surface area (Å²) in [6.07, 6.45) is 0. The molecule has 0 spiro atoms. The Labute approximate surface area is 108 Å². The number of hydrogen-bond acceptors (Lipinski definition) is 2. The van der Waals surface area contributed by atoms with Crippen LogP contribution in [0, 0.1) is 6.92 Å². The van der Waals surface area contributed by atoms with E-state index in [0.29, 0.717) is 0 Å². The molecule has 2 aromatic carbocycles. The molecule has 0 saturated heterocycles. The van der Waals surface area contributed by atoms with Gasteiger partial charge in [0.15, 0.2) is 0 Å². The number of nitrogens with zero attached hydrogens (tertiary/aromatic N) is 1. The monoisotopic (exact) mass is 238 g/mol. The average molecular weight is 238 g/mol. The highest BCUT2D eigenvalue weighted by atomic mass is 15.1. The summed E-state index contributed by atoms with van der Waals surface area (Å²) in [6, 6.07) is 15.0. The third-order valence-electron chi connectivity index (χ3n) is 3.61. The van der Waals surface area contributed by atoms with Gasteiger partial charge in [-0.1, -0.05) is 42.0 Å². The quantitative estimate of drug-likeness (QED) is 0.815. The lowest BCUT2D eigenvalue weighted by atomic mass is 10.1.